The van der Waals surface area contributed by atoms with E-state index in [1.165, 1.54) is 0 Å². The van der Waals surface area contributed by atoms with Crippen LogP contribution in [-0.4, -0.2) is 18.6 Å². The lowest BCUT2D eigenvalue weighted by molar-refractivity contribution is -0.124. The lowest BCUT2D eigenvalue weighted by Crippen LogP contribution is -2.40. The molecule has 3 heteroatoms. The quantitative estimate of drug-likeness (QED) is 0.793. The summed E-state index contributed by atoms with van der Waals surface area (Å²) in [5, 5.41) is 0. The van der Waals surface area contributed by atoms with Crippen LogP contribution in [0.1, 0.15) is 38.3 Å². The van der Waals surface area contributed by atoms with Gasteiger partial charge >= 0.3 is 0 Å². The predicted molar refractivity (Wildman–Crippen MR) is 97.1 cm³/mol. The van der Waals surface area contributed by atoms with Crippen molar-refractivity contribution in [1.29, 1.82) is 0 Å². The SMILES string of the molecule is CCOC(C)CC1(C)C(=O)N(Cc2ccccc2)c2ccccc21. The highest BCUT2D eigenvalue weighted by molar-refractivity contribution is 6.07. The summed E-state index contributed by atoms with van der Waals surface area (Å²) < 4.78 is 5.72. The van der Waals surface area contributed by atoms with Gasteiger partial charge < -0.3 is 9.64 Å². The molecule has 1 aliphatic heterocycles. The number of anilines is 1. The second-order valence-electron chi connectivity index (χ2n) is 6.70. The van der Waals surface area contributed by atoms with Gasteiger partial charge in [-0.3, -0.25) is 4.79 Å². The molecule has 2 aromatic rings. The first-order valence-corrected chi connectivity index (χ1v) is 8.63. The number of fused-ring (bicyclic) bond motifs is 1. The molecule has 0 bridgehead atoms. The van der Waals surface area contributed by atoms with Gasteiger partial charge in [-0.2, -0.15) is 0 Å². The lowest BCUT2D eigenvalue weighted by Gasteiger charge is -2.27. The molecular formula is C21H25NO2. The molecule has 1 amide bonds. The molecule has 1 heterocycles. The zero-order valence-corrected chi connectivity index (χ0v) is 14.7. The van der Waals surface area contributed by atoms with Crippen molar-refractivity contribution in [3.8, 4) is 0 Å². The molecule has 24 heavy (non-hydrogen) atoms. The van der Waals surface area contributed by atoms with Crippen molar-refractivity contribution in [2.45, 2.75) is 45.3 Å². The molecule has 3 rings (SSSR count). The zero-order valence-electron chi connectivity index (χ0n) is 14.7. The van der Waals surface area contributed by atoms with Crippen molar-refractivity contribution in [2.24, 2.45) is 0 Å². The van der Waals surface area contributed by atoms with Crippen LogP contribution in [0.3, 0.4) is 0 Å². The van der Waals surface area contributed by atoms with Crippen LogP contribution in [-0.2, 0) is 21.5 Å². The zero-order chi connectivity index (χ0) is 17.2. The van der Waals surface area contributed by atoms with Crippen LogP contribution in [0.15, 0.2) is 54.6 Å². The number of rotatable bonds is 6. The van der Waals surface area contributed by atoms with E-state index in [1.807, 2.05) is 55.1 Å². The lowest BCUT2D eigenvalue weighted by atomic mass is 9.79. The molecule has 1 aliphatic rings. The van der Waals surface area contributed by atoms with Crippen LogP contribution in [0.5, 0.6) is 0 Å². The first-order valence-electron chi connectivity index (χ1n) is 8.63. The van der Waals surface area contributed by atoms with Crippen LogP contribution < -0.4 is 4.90 Å². The molecule has 126 valence electrons. The Morgan fingerprint density at radius 1 is 1.08 bits per heavy atom. The molecule has 0 saturated carbocycles. The molecule has 2 unspecified atom stereocenters. The average molecular weight is 323 g/mol. The Morgan fingerprint density at radius 3 is 2.46 bits per heavy atom. The Balaban J connectivity index is 1.94. The van der Waals surface area contributed by atoms with Crippen molar-refractivity contribution >= 4 is 11.6 Å². The van der Waals surface area contributed by atoms with Crippen LogP contribution in [0.25, 0.3) is 0 Å². The van der Waals surface area contributed by atoms with E-state index < -0.39 is 5.41 Å². The molecule has 2 aromatic carbocycles. The van der Waals surface area contributed by atoms with Crippen molar-refractivity contribution in [2.75, 3.05) is 11.5 Å². The Bertz CT molecular complexity index is 713. The molecule has 0 fully saturated rings. The number of hydrogen-bond acceptors (Lipinski definition) is 2. The van der Waals surface area contributed by atoms with Gasteiger partial charge in [0.25, 0.3) is 0 Å². The molecule has 0 spiro atoms. The third-order valence-electron chi connectivity index (χ3n) is 4.84. The van der Waals surface area contributed by atoms with Gasteiger partial charge in [0.05, 0.1) is 18.1 Å². The van der Waals surface area contributed by atoms with Gasteiger partial charge in [0.15, 0.2) is 0 Å². The molecule has 3 nitrogen and oxygen atoms in total. The molecule has 0 saturated heterocycles. The summed E-state index contributed by atoms with van der Waals surface area (Å²) in [5.74, 6) is 0.166. The number of carbonyl (C=O) groups excluding carboxylic acids is 1. The van der Waals surface area contributed by atoms with Gasteiger partial charge in [0.2, 0.25) is 5.91 Å². The van der Waals surface area contributed by atoms with E-state index in [1.54, 1.807) is 0 Å². The third-order valence-corrected chi connectivity index (χ3v) is 4.84. The van der Waals surface area contributed by atoms with Gasteiger partial charge in [-0.15, -0.1) is 0 Å². The summed E-state index contributed by atoms with van der Waals surface area (Å²) in [7, 11) is 0. The van der Waals surface area contributed by atoms with Gasteiger partial charge in [0, 0.05) is 12.3 Å². The summed E-state index contributed by atoms with van der Waals surface area (Å²) in [4.78, 5) is 15.2. The molecule has 2 atom stereocenters. The summed E-state index contributed by atoms with van der Waals surface area (Å²) >= 11 is 0. The highest BCUT2D eigenvalue weighted by atomic mass is 16.5. The third kappa shape index (κ3) is 2.96. The van der Waals surface area contributed by atoms with Crippen LogP contribution in [0.4, 0.5) is 5.69 Å². The van der Waals surface area contributed by atoms with E-state index in [0.717, 1.165) is 16.8 Å². The van der Waals surface area contributed by atoms with E-state index in [-0.39, 0.29) is 12.0 Å². The minimum Gasteiger partial charge on any atom is -0.379 e. The van der Waals surface area contributed by atoms with Crippen molar-refractivity contribution in [3.63, 3.8) is 0 Å². The molecule has 0 aliphatic carbocycles. The second-order valence-corrected chi connectivity index (χ2v) is 6.70. The average Bonchev–Trinajstić information content (AvgIpc) is 2.78. The summed E-state index contributed by atoms with van der Waals surface area (Å²) in [6, 6.07) is 18.3. The summed E-state index contributed by atoms with van der Waals surface area (Å²) in [6.45, 7) is 7.36. The van der Waals surface area contributed by atoms with Crippen LogP contribution >= 0.6 is 0 Å². The van der Waals surface area contributed by atoms with E-state index in [4.69, 9.17) is 4.74 Å². The Kier molecular flexibility index (Phi) is 4.72. The molecule has 0 N–H and O–H groups in total. The second kappa shape index (κ2) is 6.78. The van der Waals surface area contributed by atoms with Crippen molar-refractivity contribution < 1.29 is 9.53 Å². The molecule has 0 aromatic heterocycles. The normalized spacial score (nSPS) is 21.0. The smallest absolute Gasteiger partial charge is 0.237 e. The number of hydrogen-bond donors (Lipinski definition) is 0. The monoisotopic (exact) mass is 323 g/mol. The highest BCUT2D eigenvalue weighted by Gasteiger charge is 2.47. The fourth-order valence-corrected chi connectivity index (χ4v) is 3.74. The predicted octanol–water partition coefficient (Wildman–Crippen LogP) is 4.31. The summed E-state index contributed by atoms with van der Waals surface area (Å²) in [6.07, 6.45) is 0.746. The first-order chi connectivity index (χ1) is 11.6. The molecular weight excluding hydrogens is 298 g/mol. The van der Waals surface area contributed by atoms with E-state index in [9.17, 15) is 4.79 Å². The van der Waals surface area contributed by atoms with Crippen molar-refractivity contribution in [1.82, 2.24) is 0 Å². The van der Waals surface area contributed by atoms with Gasteiger partial charge in [-0.25, -0.2) is 0 Å². The number of nitrogens with zero attached hydrogens (tertiary/aromatic N) is 1. The van der Waals surface area contributed by atoms with E-state index in [0.29, 0.717) is 19.6 Å². The fourth-order valence-electron chi connectivity index (χ4n) is 3.74. The largest absolute Gasteiger partial charge is 0.379 e. The maximum Gasteiger partial charge on any atom is 0.237 e. The standard InChI is InChI=1S/C21H25NO2/c1-4-24-16(2)14-21(3)18-12-8-9-13-19(18)22(20(21)23)15-17-10-6-5-7-11-17/h5-13,16H,4,14-15H2,1-3H3. The first kappa shape index (κ1) is 16.7. The topological polar surface area (TPSA) is 29.5 Å². The number of amides is 1. The number of carbonyl (C=O) groups is 1. The Hall–Kier alpha value is -2.13. The minimum absolute atomic E-state index is 0.0497. The van der Waals surface area contributed by atoms with Gasteiger partial charge in [-0.05, 0) is 44.4 Å². The maximum absolute atomic E-state index is 13.3. The highest BCUT2D eigenvalue weighted by Crippen LogP contribution is 2.45. The number of benzene rings is 2. The Morgan fingerprint density at radius 2 is 1.75 bits per heavy atom. The van der Waals surface area contributed by atoms with E-state index >= 15 is 0 Å². The summed E-state index contributed by atoms with van der Waals surface area (Å²) in [5.41, 5.74) is 2.75. The van der Waals surface area contributed by atoms with Gasteiger partial charge in [0.1, 0.15) is 0 Å². The number of ether oxygens (including phenoxy) is 1. The fraction of sp³-hybridized carbons (Fsp3) is 0.381. The maximum atomic E-state index is 13.3. The van der Waals surface area contributed by atoms with Gasteiger partial charge in [-0.1, -0.05) is 48.5 Å². The van der Waals surface area contributed by atoms with Crippen LogP contribution in [0, 0.1) is 0 Å². The molecule has 0 radical (unpaired) electrons. The van der Waals surface area contributed by atoms with E-state index in [2.05, 4.69) is 25.1 Å². The Labute approximate surface area is 144 Å². The number of para-hydroxylation sites is 1. The van der Waals surface area contributed by atoms with Crippen molar-refractivity contribution in [3.05, 3.63) is 65.7 Å². The minimum atomic E-state index is -0.528. The van der Waals surface area contributed by atoms with Crippen LogP contribution in [0.2, 0.25) is 0 Å².